The van der Waals surface area contributed by atoms with E-state index in [4.69, 9.17) is 11.6 Å². The number of hydrogen-bond acceptors (Lipinski definition) is 2. The molecule has 0 radical (unpaired) electrons. The Hall–Kier alpha value is -2.07. The number of para-hydroxylation sites is 1. The van der Waals surface area contributed by atoms with Crippen molar-refractivity contribution in [1.29, 1.82) is 0 Å². The number of carbonyl (C=O) groups excluding carboxylic acids is 1. The smallest absolute Gasteiger partial charge is 0.255 e. The van der Waals surface area contributed by atoms with Crippen LogP contribution in [0.15, 0.2) is 42.5 Å². The summed E-state index contributed by atoms with van der Waals surface area (Å²) in [6.07, 6.45) is 0. The Bertz CT molecular complexity index is 638. The highest BCUT2D eigenvalue weighted by Crippen LogP contribution is 2.22. The fraction of sp³-hybridized carbons (Fsp3) is 0.188. The van der Waals surface area contributed by atoms with Gasteiger partial charge in [0.05, 0.1) is 5.56 Å². The van der Waals surface area contributed by atoms with Gasteiger partial charge in [-0.1, -0.05) is 29.8 Å². The van der Waals surface area contributed by atoms with E-state index in [2.05, 4.69) is 5.32 Å². The summed E-state index contributed by atoms with van der Waals surface area (Å²) in [6.45, 7) is 0.212. The summed E-state index contributed by atoms with van der Waals surface area (Å²) < 4.78 is 13.7. The van der Waals surface area contributed by atoms with Crippen molar-refractivity contribution < 1.29 is 9.18 Å². The van der Waals surface area contributed by atoms with Crippen molar-refractivity contribution in [3.05, 3.63) is 64.4 Å². The molecule has 0 aliphatic rings. The minimum absolute atomic E-state index is 0.113. The minimum Gasteiger partial charge on any atom is -0.380 e. The van der Waals surface area contributed by atoms with E-state index in [1.807, 2.05) is 6.07 Å². The third-order valence-electron chi connectivity index (χ3n) is 3.08. The van der Waals surface area contributed by atoms with Gasteiger partial charge in [-0.15, -0.1) is 0 Å². The summed E-state index contributed by atoms with van der Waals surface area (Å²) in [5.41, 5.74) is 1.57. The van der Waals surface area contributed by atoms with Crippen LogP contribution in [0, 0.1) is 5.82 Å². The molecule has 1 N–H and O–H groups in total. The number of nitrogens with one attached hydrogen (secondary N) is 1. The standard InChI is InChI=1S/C16H16ClFN2O/c1-20(2)16(21)11-6-3-4-9-15(11)19-10-12-13(17)7-5-8-14(12)18/h3-9,19H,10H2,1-2H3. The monoisotopic (exact) mass is 306 g/mol. The summed E-state index contributed by atoms with van der Waals surface area (Å²) >= 11 is 5.99. The molecule has 0 heterocycles. The second-order valence-corrected chi connectivity index (χ2v) is 5.21. The number of nitrogens with zero attached hydrogens (tertiary/aromatic N) is 1. The van der Waals surface area contributed by atoms with Crippen molar-refractivity contribution in [2.24, 2.45) is 0 Å². The third-order valence-corrected chi connectivity index (χ3v) is 3.44. The molecule has 0 bridgehead atoms. The molecule has 2 aromatic rings. The van der Waals surface area contributed by atoms with Crippen molar-refractivity contribution in [3.63, 3.8) is 0 Å². The number of anilines is 1. The summed E-state index contributed by atoms with van der Waals surface area (Å²) in [5.74, 6) is -0.482. The largest absolute Gasteiger partial charge is 0.380 e. The highest BCUT2D eigenvalue weighted by molar-refractivity contribution is 6.31. The maximum atomic E-state index is 13.7. The van der Waals surface area contributed by atoms with Crippen LogP contribution in [0.1, 0.15) is 15.9 Å². The first-order valence-corrected chi connectivity index (χ1v) is 6.86. The molecule has 0 unspecified atom stereocenters. The minimum atomic E-state index is -0.369. The molecule has 5 heteroatoms. The molecule has 2 rings (SSSR count). The van der Waals surface area contributed by atoms with Crippen LogP contribution in [0.3, 0.4) is 0 Å². The highest BCUT2D eigenvalue weighted by Gasteiger charge is 2.13. The molecule has 0 aliphatic heterocycles. The molecule has 2 aromatic carbocycles. The van der Waals surface area contributed by atoms with E-state index in [0.29, 0.717) is 21.8 Å². The number of rotatable bonds is 4. The molecule has 0 saturated carbocycles. The Labute approximate surface area is 128 Å². The van der Waals surface area contributed by atoms with Gasteiger partial charge in [-0.2, -0.15) is 0 Å². The lowest BCUT2D eigenvalue weighted by Crippen LogP contribution is -2.23. The van der Waals surface area contributed by atoms with Crippen LogP contribution in [-0.4, -0.2) is 24.9 Å². The second kappa shape index (κ2) is 6.59. The van der Waals surface area contributed by atoms with Gasteiger partial charge in [-0.3, -0.25) is 4.79 Å². The van der Waals surface area contributed by atoms with Gasteiger partial charge in [0.25, 0.3) is 5.91 Å². The Morgan fingerprint density at radius 3 is 2.57 bits per heavy atom. The van der Waals surface area contributed by atoms with Crippen molar-refractivity contribution in [2.75, 3.05) is 19.4 Å². The average Bonchev–Trinajstić information content (AvgIpc) is 2.46. The first-order chi connectivity index (χ1) is 10.0. The maximum absolute atomic E-state index is 13.7. The molecule has 0 saturated heterocycles. The topological polar surface area (TPSA) is 32.3 Å². The Morgan fingerprint density at radius 1 is 1.19 bits per heavy atom. The maximum Gasteiger partial charge on any atom is 0.255 e. The van der Waals surface area contributed by atoms with Gasteiger partial charge in [-0.25, -0.2) is 4.39 Å². The SMILES string of the molecule is CN(C)C(=O)c1ccccc1NCc1c(F)cccc1Cl. The number of amides is 1. The van der Waals surface area contributed by atoms with E-state index in [-0.39, 0.29) is 18.3 Å². The normalized spacial score (nSPS) is 10.3. The number of benzene rings is 2. The van der Waals surface area contributed by atoms with Gasteiger partial charge in [0.1, 0.15) is 5.82 Å². The van der Waals surface area contributed by atoms with Gasteiger partial charge in [0.15, 0.2) is 0 Å². The number of carbonyl (C=O) groups is 1. The van der Waals surface area contributed by atoms with Gasteiger partial charge >= 0.3 is 0 Å². The molecule has 0 aromatic heterocycles. The van der Waals surface area contributed by atoms with Crippen molar-refractivity contribution in [1.82, 2.24) is 4.90 Å². The van der Waals surface area contributed by atoms with Gasteiger partial charge in [0, 0.05) is 36.9 Å². The fourth-order valence-corrected chi connectivity index (χ4v) is 2.18. The van der Waals surface area contributed by atoms with Crippen LogP contribution in [-0.2, 0) is 6.54 Å². The molecule has 0 aliphatic carbocycles. The van der Waals surface area contributed by atoms with Crippen molar-refractivity contribution in [2.45, 2.75) is 6.54 Å². The highest BCUT2D eigenvalue weighted by atomic mass is 35.5. The number of hydrogen-bond donors (Lipinski definition) is 1. The lowest BCUT2D eigenvalue weighted by atomic mass is 10.1. The number of halogens is 2. The molecule has 110 valence electrons. The van der Waals surface area contributed by atoms with Gasteiger partial charge < -0.3 is 10.2 Å². The molecular formula is C16H16ClFN2O. The van der Waals surface area contributed by atoms with Crippen LogP contribution in [0.25, 0.3) is 0 Å². The van der Waals surface area contributed by atoms with Crippen LogP contribution in [0.5, 0.6) is 0 Å². The predicted molar refractivity (Wildman–Crippen MR) is 83.2 cm³/mol. The molecule has 3 nitrogen and oxygen atoms in total. The summed E-state index contributed by atoms with van der Waals surface area (Å²) in [4.78, 5) is 13.6. The second-order valence-electron chi connectivity index (χ2n) is 4.80. The van der Waals surface area contributed by atoms with E-state index in [1.165, 1.54) is 11.0 Å². The van der Waals surface area contributed by atoms with Crippen molar-refractivity contribution in [3.8, 4) is 0 Å². The van der Waals surface area contributed by atoms with E-state index < -0.39 is 0 Å². The lowest BCUT2D eigenvalue weighted by Gasteiger charge is -2.16. The first kappa shape index (κ1) is 15.3. The van der Waals surface area contributed by atoms with Gasteiger partial charge in [0.2, 0.25) is 0 Å². The first-order valence-electron chi connectivity index (χ1n) is 6.48. The zero-order valence-electron chi connectivity index (χ0n) is 11.9. The third kappa shape index (κ3) is 3.52. The molecular weight excluding hydrogens is 291 g/mol. The van der Waals surface area contributed by atoms with Crippen molar-refractivity contribution >= 4 is 23.2 Å². The van der Waals surface area contributed by atoms with E-state index >= 15 is 0 Å². The molecule has 0 spiro atoms. The summed E-state index contributed by atoms with van der Waals surface area (Å²) in [6, 6.07) is 11.7. The zero-order chi connectivity index (χ0) is 15.4. The van der Waals surface area contributed by atoms with Gasteiger partial charge in [-0.05, 0) is 24.3 Å². The van der Waals surface area contributed by atoms with Crippen LogP contribution < -0.4 is 5.32 Å². The molecule has 0 atom stereocenters. The van der Waals surface area contributed by atoms with E-state index in [1.54, 1.807) is 44.4 Å². The Kier molecular flexibility index (Phi) is 4.81. The summed E-state index contributed by atoms with van der Waals surface area (Å²) in [7, 11) is 3.37. The molecule has 21 heavy (non-hydrogen) atoms. The van der Waals surface area contributed by atoms with Crippen LogP contribution in [0.2, 0.25) is 5.02 Å². The Morgan fingerprint density at radius 2 is 1.90 bits per heavy atom. The fourth-order valence-electron chi connectivity index (χ4n) is 1.95. The lowest BCUT2D eigenvalue weighted by molar-refractivity contribution is 0.0828. The van der Waals surface area contributed by atoms with Crippen LogP contribution >= 0.6 is 11.6 Å². The zero-order valence-corrected chi connectivity index (χ0v) is 12.6. The Balaban J connectivity index is 2.23. The van der Waals surface area contributed by atoms with E-state index in [0.717, 1.165) is 0 Å². The summed E-state index contributed by atoms with van der Waals surface area (Å²) in [5, 5.41) is 3.44. The van der Waals surface area contributed by atoms with E-state index in [9.17, 15) is 9.18 Å². The molecule has 1 amide bonds. The molecule has 0 fully saturated rings. The predicted octanol–water partition coefficient (Wildman–Crippen LogP) is 3.79. The quantitative estimate of drug-likeness (QED) is 0.932. The van der Waals surface area contributed by atoms with Crippen LogP contribution in [0.4, 0.5) is 10.1 Å². The average molecular weight is 307 g/mol.